The van der Waals surface area contributed by atoms with Crippen molar-refractivity contribution in [3.05, 3.63) is 76.5 Å². The van der Waals surface area contributed by atoms with Gasteiger partial charge in [-0.2, -0.15) is 0 Å². The van der Waals surface area contributed by atoms with E-state index in [1.807, 2.05) is 19.9 Å². The summed E-state index contributed by atoms with van der Waals surface area (Å²) in [5, 5.41) is 5.09. The number of aryl methyl sites for hydroxylation is 2. The molecule has 0 bridgehead atoms. The Hall–Kier alpha value is -3.41. The van der Waals surface area contributed by atoms with Crippen LogP contribution in [0.15, 0.2) is 51.6 Å². The van der Waals surface area contributed by atoms with Gasteiger partial charge in [0.25, 0.3) is 0 Å². The van der Waals surface area contributed by atoms with E-state index in [4.69, 9.17) is 8.94 Å². The molecule has 1 amide bonds. The van der Waals surface area contributed by atoms with E-state index in [2.05, 4.69) is 11.2 Å². The Balaban J connectivity index is 1.41. The first kappa shape index (κ1) is 18.6. The van der Waals surface area contributed by atoms with Gasteiger partial charge in [0.2, 0.25) is 5.91 Å². The van der Waals surface area contributed by atoms with Crippen LogP contribution >= 0.6 is 0 Å². The smallest absolute Gasteiger partial charge is 0.227 e. The van der Waals surface area contributed by atoms with Crippen molar-refractivity contribution in [2.24, 2.45) is 0 Å². The lowest BCUT2D eigenvalue weighted by Gasteiger charge is -2.26. The summed E-state index contributed by atoms with van der Waals surface area (Å²) >= 11 is 0. The molecular weight excluding hydrogens is 383 g/mol. The maximum Gasteiger partial charge on any atom is 0.227 e. The van der Waals surface area contributed by atoms with Crippen molar-refractivity contribution in [1.82, 2.24) is 10.1 Å². The molecule has 0 spiro atoms. The number of fused-ring (bicyclic) bond motifs is 2. The van der Waals surface area contributed by atoms with Crippen LogP contribution in [0.1, 0.15) is 28.0 Å². The van der Waals surface area contributed by atoms with E-state index in [1.165, 1.54) is 6.07 Å². The molecule has 2 aromatic carbocycles. The van der Waals surface area contributed by atoms with Crippen molar-refractivity contribution < 1.29 is 18.1 Å². The molecular formula is C24H21FN2O3. The van der Waals surface area contributed by atoms with E-state index >= 15 is 0 Å². The Morgan fingerprint density at radius 3 is 2.90 bits per heavy atom. The van der Waals surface area contributed by atoms with E-state index in [0.717, 1.165) is 39.0 Å². The number of nitrogens with zero attached hydrogens (tertiary/aromatic N) is 2. The fourth-order valence-electron chi connectivity index (χ4n) is 4.32. The van der Waals surface area contributed by atoms with Crippen molar-refractivity contribution >= 4 is 16.9 Å². The normalized spacial score (nSPS) is 13.6. The summed E-state index contributed by atoms with van der Waals surface area (Å²) < 4.78 is 25.4. The molecule has 30 heavy (non-hydrogen) atoms. The van der Waals surface area contributed by atoms with Gasteiger partial charge in [0.05, 0.1) is 19.2 Å². The molecule has 0 saturated heterocycles. The van der Waals surface area contributed by atoms with Gasteiger partial charge in [0.15, 0.2) is 0 Å². The molecule has 3 heterocycles. The molecule has 0 fully saturated rings. The SMILES string of the molecule is Cc1cc(C)c2c(CC(=O)N3CCc4onc(-c5ccccc5F)c4C3)coc2c1. The number of carbonyl (C=O) groups is 1. The van der Waals surface area contributed by atoms with Crippen molar-refractivity contribution in [2.75, 3.05) is 6.54 Å². The number of carbonyl (C=O) groups excluding carboxylic acids is 1. The van der Waals surface area contributed by atoms with Crippen LogP contribution in [0.25, 0.3) is 22.2 Å². The summed E-state index contributed by atoms with van der Waals surface area (Å²) in [5.41, 5.74) is 5.56. The molecule has 6 heteroatoms. The van der Waals surface area contributed by atoms with Crippen LogP contribution < -0.4 is 0 Å². The summed E-state index contributed by atoms with van der Waals surface area (Å²) in [6.07, 6.45) is 2.49. The largest absolute Gasteiger partial charge is 0.464 e. The number of rotatable bonds is 3. The lowest BCUT2D eigenvalue weighted by molar-refractivity contribution is -0.131. The first-order valence-corrected chi connectivity index (χ1v) is 9.98. The predicted octanol–water partition coefficient (Wildman–Crippen LogP) is 4.97. The minimum atomic E-state index is -0.354. The Morgan fingerprint density at radius 2 is 2.07 bits per heavy atom. The Labute approximate surface area is 173 Å². The summed E-state index contributed by atoms with van der Waals surface area (Å²) in [6, 6.07) is 10.6. The van der Waals surface area contributed by atoms with Crippen molar-refractivity contribution in [2.45, 2.75) is 33.2 Å². The predicted molar refractivity (Wildman–Crippen MR) is 110 cm³/mol. The summed E-state index contributed by atoms with van der Waals surface area (Å²) in [7, 11) is 0. The van der Waals surface area contributed by atoms with Crippen molar-refractivity contribution in [3.63, 3.8) is 0 Å². The van der Waals surface area contributed by atoms with Crippen LogP contribution in [-0.2, 0) is 24.2 Å². The van der Waals surface area contributed by atoms with Gasteiger partial charge in [-0.3, -0.25) is 4.79 Å². The van der Waals surface area contributed by atoms with Gasteiger partial charge < -0.3 is 13.8 Å². The molecule has 0 radical (unpaired) electrons. The van der Waals surface area contributed by atoms with E-state index < -0.39 is 0 Å². The third-order valence-electron chi connectivity index (χ3n) is 5.74. The Kier molecular flexibility index (Phi) is 4.42. The second-order valence-electron chi connectivity index (χ2n) is 7.87. The van der Waals surface area contributed by atoms with Gasteiger partial charge in [-0.05, 0) is 43.2 Å². The molecule has 5 rings (SSSR count). The third-order valence-corrected chi connectivity index (χ3v) is 5.74. The number of benzene rings is 2. The fraction of sp³-hybridized carbons (Fsp3) is 0.250. The van der Waals surface area contributed by atoms with Crippen LogP contribution in [-0.4, -0.2) is 22.5 Å². The van der Waals surface area contributed by atoms with Crippen LogP contribution in [0.2, 0.25) is 0 Å². The summed E-state index contributed by atoms with van der Waals surface area (Å²) in [6.45, 7) is 4.96. The van der Waals surface area contributed by atoms with Gasteiger partial charge in [-0.15, -0.1) is 0 Å². The number of hydrogen-bond acceptors (Lipinski definition) is 4. The summed E-state index contributed by atoms with van der Waals surface area (Å²) in [4.78, 5) is 14.9. The molecule has 4 aromatic rings. The molecule has 0 saturated carbocycles. The van der Waals surface area contributed by atoms with Gasteiger partial charge in [0, 0.05) is 35.0 Å². The highest BCUT2D eigenvalue weighted by molar-refractivity contribution is 5.90. The minimum absolute atomic E-state index is 0.00371. The first-order valence-electron chi connectivity index (χ1n) is 9.98. The average Bonchev–Trinajstić information content (AvgIpc) is 3.32. The quantitative estimate of drug-likeness (QED) is 0.484. The zero-order valence-electron chi connectivity index (χ0n) is 16.9. The van der Waals surface area contributed by atoms with Crippen LogP contribution in [0.3, 0.4) is 0 Å². The first-order chi connectivity index (χ1) is 14.5. The standard InChI is InChI=1S/C24H21FN2O3/c1-14-9-15(2)23-16(13-29-21(23)10-14)11-22(28)27-8-7-20-18(12-27)24(26-30-20)17-5-3-4-6-19(17)25/h3-6,9-10,13H,7-8,11-12H2,1-2H3. The zero-order valence-corrected chi connectivity index (χ0v) is 16.9. The second-order valence-corrected chi connectivity index (χ2v) is 7.87. The number of furan rings is 1. The van der Waals surface area contributed by atoms with Gasteiger partial charge in [-0.25, -0.2) is 4.39 Å². The minimum Gasteiger partial charge on any atom is -0.464 e. The van der Waals surface area contributed by atoms with Gasteiger partial charge in [-0.1, -0.05) is 23.4 Å². The lowest BCUT2D eigenvalue weighted by atomic mass is 9.99. The number of amides is 1. The number of hydrogen-bond donors (Lipinski definition) is 0. The highest BCUT2D eigenvalue weighted by Gasteiger charge is 2.29. The Morgan fingerprint density at radius 1 is 1.23 bits per heavy atom. The number of aromatic nitrogens is 1. The maximum absolute atomic E-state index is 14.3. The molecule has 0 unspecified atom stereocenters. The van der Waals surface area contributed by atoms with E-state index in [9.17, 15) is 9.18 Å². The molecule has 1 aliphatic rings. The topological polar surface area (TPSA) is 59.5 Å². The van der Waals surface area contributed by atoms with Gasteiger partial charge >= 0.3 is 0 Å². The highest BCUT2D eigenvalue weighted by Crippen LogP contribution is 2.32. The Bertz CT molecular complexity index is 1270. The zero-order chi connectivity index (χ0) is 20.8. The maximum atomic E-state index is 14.3. The van der Waals surface area contributed by atoms with Gasteiger partial charge in [0.1, 0.15) is 22.9 Å². The highest BCUT2D eigenvalue weighted by atomic mass is 19.1. The molecule has 5 nitrogen and oxygen atoms in total. The molecule has 152 valence electrons. The van der Waals surface area contributed by atoms with Crippen LogP contribution in [0.4, 0.5) is 4.39 Å². The van der Waals surface area contributed by atoms with Crippen LogP contribution in [0, 0.1) is 19.7 Å². The third kappa shape index (κ3) is 3.09. The lowest BCUT2D eigenvalue weighted by Crippen LogP contribution is -2.36. The van der Waals surface area contributed by atoms with E-state index in [0.29, 0.717) is 30.8 Å². The van der Waals surface area contributed by atoms with Crippen LogP contribution in [0.5, 0.6) is 0 Å². The fourth-order valence-corrected chi connectivity index (χ4v) is 4.32. The monoisotopic (exact) mass is 404 g/mol. The average molecular weight is 404 g/mol. The molecule has 0 atom stereocenters. The molecule has 0 aliphatic carbocycles. The van der Waals surface area contributed by atoms with Crippen molar-refractivity contribution in [1.29, 1.82) is 0 Å². The van der Waals surface area contributed by atoms with Crippen molar-refractivity contribution in [3.8, 4) is 11.3 Å². The number of halogens is 1. The van der Waals surface area contributed by atoms with E-state index in [-0.39, 0.29) is 18.1 Å². The second kappa shape index (κ2) is 7.13. The molecule has 0 N–H and O–H groups in total. The van der Waals surface area contributed by atoms with E-state index in [1.54, 1.807) is 29.4 Å². The molecule has 1 aliphatic heterocycles. The summed E-state index contributed by atoms with van der Waals surface area (Å²) in [5.74, 6) is 0.370. The molecule has 2 aromatic heterocycles.